The predicted molar refractivity (Wildman–Crippen MR) is 117 cm³/mol. The van der Waals surface area contributed by atoms with Crippen LogP contribution < -0.4 is 15.4 Å². The number of nitrogens with zero attached hydrogens (tertiary/aromatic N) is 2. The van der Waals surface area contributed by atoms with Crippen LogP contribution in [0.15, 0.2) is 45.6 Å². The monoisotopic (exact) mass is 436 g/mol. The Kier molecular flexibility index (Phi) is 6.21. The highest BCUT2D eigenvalue weighted by Gasteiger charge is 2.34. The van der Waals surface area contributed by atoms with E-state index in [0.29, 0.717) is 16.7 Å². The lowest BCUT2D eigenvalue weighted by Gasteiger charge is -2.38. The third kappa shape index (κ3) is 4.91. The van der Waals surface area contributed by atoms with Gasteiger partial charge in [0.05, 0.1) is 12.6 Å². The molecule has 2 N–H and O–H groups in total. The molecule has 0 radical (unpaired) electrons. The van der Waals surface area contributed by atoms with Crippen LogP contribution in [0.25, 0.3) is 0 Å². The Balaban J connectivity index is 1.69. The molecule has 3 rings (SSSR count). The summed E-state index contributed by atoms with van der Waals surface area (Å²) in [4.78, 5) is 5.25. The van der Waals surface area contributed by atoms with Gasteiger partial charge in [-0.05, 0) is 32.0 Å². The number of para-hydroxylation sites is 1. The molecule has 2 aromatic rings. The molecule has 1 unspecified atom stereocenters. The standard InChI is InChI=1S/C20H28N4O3S2/c1-20(2)12-16(15-8-6-7-9-17(15)27-20)23-19(21-3)22-13-14-10-11-18(28-14)29(25,26)24(4)5/h6-11,16H,12-13H2,1-5H3,(H2,21,22,23). The third-order valence-electron chi connectivity index (χ3n) is 4.71. The minimum atomic E-state index is -3.40. The molecule has 0 amide bonds. The number of sulfonamides is 1. The lowest BCUT2D eigenvalue weighted by molar-refractivity contribution is 0.0694. The van der Waals surface area contributed by atoms with E-state index < -0.39 is 10.0 Å². The number of hydrogen-bond acceptors (Lipinski definition) is 5. The SMILES string of the molecule is CN=C(NCc1ccc(S(=O)(=O)N(C)C)s1)NC1CC(C)(C)Oc2ccccc21. The van der Waals surface area contributed by atoms with E-state index >= 15 is 0 Å². The topological polar surface area (TPSA) is 83.0 Å². The third-order valence-corrected chi connectivity index (χ3v) is 8.08. The highest BCUT2D eigenvalue weighted by molar-refractivity contribution is 7.91. The highest BCUT2D eigenvalue weighted by Crippen LogP contribution is 2.39. The molecule has 0 saturated heterocycles. The molecule has 2 heterocycles. The Bertz CT molecular complexity index is 997. The van der Waals surface area contributed by atoms with Gasteiger partial charge in [0.2, 0.25) is 0 Å². The summed E-state index contributed by atoms with van der Waals surface area (Å²) in [5, 5.41) is 6.77. The van der Waals surface area contributed by atoms with E-state index in [9.17, 15) is 8.42 Å². The van der Waals surface area contributed by atoms with Crippen LogP contribution in [0.2, 0.25) is 0 Å². The van der Waals surface area contributed by atoms with Crippen molar-refractivity contribution < 1.29 is 13.2 Å². The van der Waals surface area contributed by atoms with Gasteiger partial charge in [0.15, 0.2) is 5.96 Å². The van der Waals surface area contributed by atoms with Crippen molar-refractivity contribution in [3.05, 3.63) is 46.8 Å². The lowest BCUT2D eigenvalue weighted by Crippen LogP contribution is -2.45. The van der Waals surface area contributed by atoms with Gasteiger partial charge in [0.1, 0.15) is 15.6 Å². The van der Waals surface area contributed by atoms with Crippen molar-refractivity contribution in [3.63, 3.8) is 0 Å². The van der Waals surface area contributed by atoms with Crippen LogP contribution in [-0.4, -0.2) is 45.4 Å². The number of aliphatic imine (C=N–C) groups is 1. The Morgan fingerprint density at radius 2 is 2.00 bits per heavy atom. The first-order chi connectivity index (χ1) is 13.6. The summed E-state index contributed by atoms with van der Waals surface area (Å²) >= 11 is 1.26. The summed E-state index contributed by atoms with van der Waals surface area (Å²) in [6.45, 7) is 4.64. The van der Waals surface area contributed by atoms with Crippen LogP contribution in [0.4, 0.5) is 0 Å². The molecule has 158 valence electrons. The molecular weight excluding hydrogens is 408 g/mol. The average Bonchev–Trinajstić information content (AvgIpc) is 3.13. The van der Waals surface area contributed by atoms with Crippen molar-refractivity contribution in [2.45, 2.75) is 42.7 Å². The van der Waals surface area contributed by atoms with E-state index in [2.05, 4.69) is 35.5 Å². The number of thiophene rings is 1. The summed E-state index contributed by atoms with van der Waals surface area (Å²) < 4.78 is 32.1. The van der Waals surface area contributed by atoms with E-state index in [0.717, 1.165) is 22.6 Å². The summed E-state index contributed by atoms with van der Waals surface area (Å²) in [5.41, 5.74) is 0.818. The first kappa shape index (κ1) is 21.6. The largest absolute Gasteiger partial charge is 0.487 e. The Morgan fingerprint density at radius 1 is 1.28 bits per heavy atom. The van der Waals surface area contributed by atoms with Gasteiger partial charge >= 0.3 is 0 Å². The van der Waals surface area contributed by atoms with Crippen LogP contribution >= 0.6 is 11.3 Å². The minimum Gasteiger partial charge on any atom is -0.487 e. The molecule has 1 aromatic heterocycles. The van der Waals surface area contributed by atoms with Gasteiger partial charge in [-0.2, -0.15) is 0 Å². The van der Waals surface area contributed by atoms with Gasteiger partial charge in [-0.15, -0.1) is 11.3 Å². The second-order valence-corrected chi connectivity index (χ2v) is 11.3. The van der Waals surface area contributed by atoms with Crippen LogP contribution in [-0.2, 0) is 16.6 Å². The molecule has 0 aliphatic carbocycles. The molecule has 0 spiro atoms. The molecule has 1 aliphatic heterocycles. The summed E-state index contributed by atoms with van der Waals surface area (Å²) in [7, 11) is 1.39. The molecule has 0 fully saturated rings. The van der Waals surface area contributed by atoms with Gasteiger partial charge in [-0.25, -0.2) is 12.7 Å². The summed E-state index contributed by atoms with van der Waals surface area (Å²) in [5.74, 6) is 1.54. The van der Waals surface area contributed by atoms with Crippen molar-refractivity contribution in [2.75, 3.05) is 21.1 Å². The number of guanidine groups is 1. The fourth-order valence-electron chi connectivity index (χ4n) is 3.23. The first-order valence-corrected chi connectivity index (χ1v) is 11.6. The zero-order chi connectivity index (χ0) is 21.2. The van der Waals surface area contributed by atoms with Gasteiger partial charge in [0, 0.05) is 38.0 Å². The van der Waals surface area contributed by atoms with Gasteiger partial charge in [-0.3, -0.25) is 4.99 Å². The van der Waals surface area contributed by atoms with Crippen molar-refractivity contribution in [1.29, 1.82) is 0 Å². The second-order valence-electron chi connectivity index (χ2n) is 7.73. The molecule has 7 nitrogen and oxygen atoms in total. The fourth-order valence-corrected chi connectivity index (χ4v) is 5.70. The molecule has 1 atom stereocenters. The van der Waals surface area contributed by atoms with Crippen molar-refractivity contribution in [3.8, 4) is 5.75 Å². The van der Waals surface area contributed by atoms with Crippen molar-refractivity contribution in [2.24, 2.45) is 4.99 Å². The Labute approximate surface area is 176 Å². The summed E-state index contributed by atoms with van der Waals surface area (Å²) in [6, 6.07) is 11.6. The zero-order valence-corrected chi connectivity index (χ0v) is 19.0. The van der Waals surface area contributed by atoms with E-state index in [-0.39, 0.29) is 11.6 Å². The molecule has 9 heteroatoms. The van der Waals surface area contributed by atoms with Crippen LogP contribution in [0, 0.1) is 0 Å². The fraction of sp³-hybridized carbons (Fsp3) is 0.450. The smallest absolute Gasteiger partial charge is 0.252 e. The van der Waals surface area contributed by atoms with Gasteiger partial charge in [0.25, 0.3) is 10.0 Å². The number of ether oxygens (including phenoxy) is 1. The zero-order valence-electron chi connectivity index (χ0n) is 17.4. The van der Waals surface area contributed by atoms with Crippen LogP contribution in [0.1, 0.15) is 36.8 Å². The number of benzene rings is 1. The van der Waals surface area contributed by atoms with Gasteiger partial charge in [-0.1, -0.05) is 18.2 Å². The van der Waals surface area contributed by atoms with E-state index in [1.165, 1.54) is 29.7 Å². The van der Waals surface area contributed by atoms with Crippen LogP contribution in [0.5, 0.6) is 5.75 Å². The average molecular weight is 437 g/mol. The Morgan fingerprint density at radius 3 is 2.69 bits per heavy atom. The molecular formula is C20H28N4O3S2. The first-order valence-electron chi connectivity index (χ1n) is 9.39. The number of hydrogen-bond donors (Lipinski definition) is 2. The highest BCUT2D eigenvalue weighted by atomic mass is 32.2. The number of fused-ring (bicyclic) bond motifs is 1. The second kappa shape index (κ2) is 8.33. The molecule has 29 heavy (non-hydrogen) atoms. The van der Waals surface area contributed by atoms with Crippen molar-refractivity contribution in [1.82, 2.24) is 14.9 Å². The molecule has 1 aromatic carbocycles. The predicted octanol–water partition coefficient (Wildman–Crippen LogP) is 2.97. The summed E-state index contributed by atoms with van der Waals surface area (Å²) in [6.07, 6.45) is 0.801. The molecule has 0 bridgehead atoms. The van der Waals surface area contributed by atoms with Gasteiger partial charge < -0.3 is 15.4 Å². The maximum Gasteiger partial charge on any atom is 0.252 e. The maximum atomic E-state index is 12.2. The number of rotatable bonds is 5. The van der Waals surface area contributed by atoms with E-state index in [1.54, 1.807) is 13.1 Å². The minimum absolute atomic E-state index is 0.0640. The quantitative estimate of drug-likeness (QED) is 0.556. The lowest BCUT2D eigenvalue weighted by atomic mass is 9.90. The normalized spacial score (nSPS) is 18.8. The van der Waals surface area contributed by atoms with Crippen molar-refractivity contribution >= 4 is 27.3 Å². The number of nitrogens with one attached hydrogen (secondary N) is 2. The van der Waals surface area contributed by atoms with E-state index in [4.69, 9.17) is 4.74 Å². The maximum absolute atomic E-state index is 12.2. The van der Waals surface area contributed by atoms with E-state index in [1.807, 2.05) is 24.3 Å². The molecule has 0 saturated carbocycles. The Hall–Kier alpha value is -2.10. The van der Waals surface area contributed by atoms with Crippen LogP contribution in [0.3, 0.4) is 0 Å². The molecule has 1 aliphatic rings.